The topological polar surface area (TPSA) is 72.7 Å². The number of non-ortho nitro benzene ring substituents is 1. The second-order valence-electron chi connectivity index (χ2n) is 4.79. The van der Waals surface area contributed by atoms with Crippen LogP contribution in [-0.4, -0.2) is 34.9 Å². The lowest BCUT2D eigenvalue weighted by atomic mass is 10.1. The van der Waals surface area contributed by atoms with Gasteiger partial charge in [0.2, 0.25) is 5.91 Å². The smallest absolute Gasteiger partial charge is 0.269 e. The van der Waals surface area contributed by atoms with Crippen LogP contribution in [0.2, 0.25) is 0 Å². The Labute approximate surface area is 111 Å². The second-order valence-corrected chi connectivity index (χ2v) is 4.79. The fourth-order valence-corrected chi connectivity index (χ4v) is 2.10. The standard InChI is InChI=1S/C13H16N2O4/c1-9(2)14-7-12(19-8-13(14)16)10-3-5-11(6-4-10)15(17)18/h3-6,9,12H,7-8H2,1-2H3/t12-/m1/s1. The molecular formula is C13H16N2O4. The highest BCUT2D eigenvalue weighted by atomic mass is 16.6. The SMILES string of the molecule is CC(C)N1C[C@H](c2ccc([N+](=O)[O-])cc2)OCC1=O. The first-order valence-electron chi connectivity index (χ1n) is 6.14. The van der Waals surface area contributed by atoms with E-state index in [1.54, 1.807) is 17.0 Å². The lowest BCUT2D eigenvalue weighted by Gasteiger charge is -2.35. The highest BCUT2D eigenvalue weighted by Gasteiger charge is 2.29. The van der Waals surface area contributed by atoms with Crippen molar-refractivity contribution >= 4 is 11.6 Å². The van der Waals surface area contributed by atoms with Gasteiger partial charge in [-0.1, -0.05) is 0 Å². The summed E-state index contributed by atoms with van der Waals surface area (Å²) in [5.41, 5.74) is 0.903. The van der Waals surface area contributed by atoms with Crippen molar-refractivity contribution in [3.05, 3.63) is 39.9 Å². The van der Waals surface area contributed by atoms with Crippen molar-refractivity contribution in [2.45, 2.75) is 26.0 Å². The molecule has 2 rings (SSSR count). The van der Waals surface area contributed by atoms with Gasteiger partial charge in [-0.3, -0.25) is 14.9 Å². The lowest BCUT2D eigenvalue weighted by Crippen LogP contribution is -2.46. The minimum absolute atomic E-state index is 0.0202. The lowest BCUT2D eigenvalue weighted by molar-refractivity contribution is -0.384. The van der Waals surface area contributed by atoms with Crippen LogP contribution >= 0.6 is 0 Å². The molecule has 1 aromatic rings. The van der Waals surface area contributed by atoms with Crippen LogP contribution in [0.15, 0.2) is 24.3 Å². The quantitative estimate of drug-likeness (QED) is 0.617. The molecule has 0 bridgehead atoms. The molecule has 1 heterocycles. The van der Waals surface area contributed by atoms with Crippen LogP contribution < -0.4 is 0 Å². The number of nitrogens with zero attached hydrogens (tertiary/aromatic N) is 2. The molecule has 0 aliphatic carbocycles. The second kappa shape index (κ2) is 5.36. The third-order valence-electron chi connectivity index (χ3n) is 3.19. The zero-order valence-electron chi connectivity index (χ0n) is 10.9. The van der Waals surface area contributed by atoms with Gasteiger partial charge in [0.1, 0.15) is 12.7 Å². The molecule has 1 aromatic carbocycles. The zero-order valence-corrected chi connectivity index (χ0v) is 10.9. The van der Waals surface area contributed by atoms with Gasteiger partial charge in [-0.15, -0.1) is 0 Å². The van der Waals surface area contributed by atoms with Gasteiger partial charge in [0.15, 0.2) is 0 Å². The summed E-state index contributed by atoms with van der Waals surface area (Å²) in [4.78, 5) is 23.6. The molecule has 0 unspecified atom stereocenters. The average Bonchev–Trinajstić information content (AvgIpc) is 2.39. The summed E-state index contributed by atoms with van der Waals surface area (Å²) in [6.07, 6.45) is -0.221. The van der Waals surface area contributed by atoms with Crippen molar-refractivity contribution in [3.8, 4) is 0 Å². The number of benzene rings is 1. The summed E-state index contributed by atoms with van der Waals surface area (Å²) in [7, 11) is 0. The number of ether oxygens (including phenoxy) is 1. The normalized spacial score (nSPS) is 19.8. The van der Waals surface area contributed by atoms with Gasteiger partial charge < -0.3 is 9.64 Å². The van der Waals surface area contributed by atoms with Gasteiger partial charge in [-0.2, -0.15) is 0 Å². The molecule has 1 aliphatic heterocycles. The Morgan fingerprint density at radius 3 is 2.53 bits per heavy atom. The number of morpholine rings is 1. The molecule has 0 saturated carbocycles. The van der Waals surface area contributed by atoms with Crippen molar-refractivity contribution in [1.29, 1.82) is 0 Å². The van der Waals surface area contributed by atoms with Crippen LogP contribution in [0.3, 0.4) is 0 Å². The molecule has 1 amide bonds. The van der Waals surface area contributed by atoms with E-state index >= 15 is 0 Å². The van der Waals surface area contributed by atoms with E-state index in [1.165, 1.54) is 12.1 Å². The number of carbonyl (C=O) groups excluding carboxylic acids is 1. The monoisotopic (exact) mass is 264 g/mol. The molecule has 1 atom stereocenters. The maximum Gasteiger partial charge on any atom is 0.269 e. The number of nitro benzene ring substituents is 1. The van der Waals surface area contributed by atoms with E-state index in [4.69, 9.17) is 4.74 Å². The minimum Gasteiger partial charge on any atom is -0.362 e. The first-order valence-corrected chi connectivity index (χ1v) is 6.14. The van der Waals surface area contributed by atoms with Crippen LogP contribution in [0, 0.1) is 10.1 Å². The molecule has 1 saturated heterocycles. The number of amides is 1. The van der Waals surface area contributed by atoms with E-state index in [0.717, 1.165) is 5.56 Å². The number of hydrogen-bond acceptors (Lipinski definition) is 4. The molecular weight excluding hydrogens is 248 g/mol. The van der Waals surface area contributed by atoms with E-state index in [2.05, 4.69) is 0 Å². The molecule has 0 radical (unpaired) electrons. The fourth-order valence-electron chi connectivity index (χ4n) is 2.10. The molecule has 1 fully saturated rings. The first-order chi connectivity index (χ1) is 8.99. The van der Waals surface area contributed by atoms with Crippen LogP contribution in [0.5, 0.6) is 0 Å². The fraction of sp³-hybridized carbons (Fsp3) is 0.462. The van der Waals surface area contributed by atoms with Crippen molar-refractivity contribution in [1.82, 2.24) is 4.90 Å². The van der Waals surface area contributed by atoms with Gasteiger partial charge in [-0.25, -0.2) is 0 Å². The van der Waals surface area contributed by atoms with E-state index < -0.39 is 4.92 Å². The highest BCUT2D eigenvalue weighted by molar-refractivity contribution is 5.78. The zero-order chi connectivity index (χ0) is 14.0. The largest absolute Gasteiger partial charge is 0.362 e. The maximum atomic E-state index is 11.7. The first kappa shape index (κ1) is 13.5. The van der Waals surface area contributed by atoms with Crippen LogP contribution in [0.1, 0.15) is 25.5 Å². The number of rotatable bonds is 3. The molecule has 102 valence electrons. The molecule has 1 aliphatic rings. The third kappa shape index (κ3) is 2.90. The Hall–Kier alpha value is -1.95. The number of carbonyl (C=O) groups is 1. The molecule has 6 nitrogen and oxygen atoms in total. The summed E-state index contributed by atoms with van der Waals surface area (Å²) in [5, 5.41) is 10.6. The van der Waals surface area contributed by atoms with E-state index in [0.29, 0.717) is 6.54 Å². The molecule has 0 aromatic heterocycles. The van der Waals surface area contributed by atoms with Gasteiger partial charge in [-0.05, 0) is 31.5 Å². The molecule has 0 N–H and O–H groups in total. The van der Waals surface area contributed by atoms with Crippen LogP contribution in [0.4, 0.5) is 5.69 Å². The van der Waals surface area contributed by atoms with Crippen LogP contribution in [-0.2, 0) is 9.53 Å². The third-order valence-corrected chi connectivity index (χ3v) is 3.19. The van der Waals surface area contributed by atoms with Gasteiger partial charge >= 0.3 is 0 Å². The number of nitro groups is 1. The minimum atomic E-state index is -0.435. The van der Waals surface area contributed by atoms with Gasteiger partial charge in [0.05, 0.1) is 11.5 Å². The Morgan fingerprint density at radius 1 is 1.37 bits per heavy atom. The van der Waals surface area contributed by atoms with Crippen molar-refractivity contribution in [2.24, 2.45) is 0 Å². The summed E-state index contributed by atoms with van der Waals surface area (Å²) >= 11 is 0. The summed E-state index contributed by atoms with van der Waals surface area (Å²) < 4.78 is 5.50. The van der Waals surface area contributed by atoms with Crippen LogP contribution in [0.25, 0.3) is 0 Å². The van der Waals surface area contributed by atoms with E-state index in [-0.39, 0.29) is 30.3 Å². The Balaban J connectivity index is 2.13. The Kier molecular flexibility index (Phi) is 3.80. The van der Waals surface area contributed by atoms with Crippen molar-refractivity contribution in [3.63, 3.8) is 0 Å². The van der Waals surface area contributed by atoms with Gasteiger partial charge in [0.25, 0.3) is 5.69 Å². The summed E-state index contributed by atoms with van der Waals surface area (Å²) in [6.45, 7) is 4.44. The molecule has 0 spiro atoms. The maximum absolute atomic E-state index is 11.7. The van der Waals surface area contributed by atoms with E-state index in [9.17, 15) is 14.9 Å². The van der Waals surface area contributed by atoms with Gasteiger partial charge in [0, 0.05) is 18.2 Å². The number of hydrogen-bond donors (Lipinski definition) is 0. The van der Waals surface area contributed by atoms with Crippen molar-refractivity contribution in [2.75, 3.05) is 13.2 Å². The van der Waals surface area contributed by atoms with E-state index in [1.807, 2.05) is 13.8 Å². The Bertz CT molecular complexity index is 484. The predicted molar refractivity (Wildman–Crippen MR) is 68.6 cm³/mol. The summed E-state index contributed by atoms with van der Waals surface area (Å²) in [6, 6.07) is 6.38. The highest BCUT2D eigenvalue weighted by Crippen LogP contribution is 2.25. The van der Waals surface area contributed by atoms with Crippen molar-refractivity contribution < 1.29 is 14.5 Å². The molecule has 6 heteroatoms. The predicted octanol–water partition coefficient (Wildman–Crippen LogP) is 1.90. The summed E-state index contributed by atoms with van der Waals surface area (Å²) in [5.74, 6) is -0.0202. The average molecular weight is 264 g/mol. The Morgan fingerprint density at radius 2 is 2.00 bits per heavy atom. The molecule has 19 heavy (non-hydrogen) atoms.